The van der Waals surface area contributed by atoms with Gasteiger partial charge in [0.25, 0.3) is 5.56 Å². The van der Waals surface area contributed by atoms with E-state index in [1.54, 1.807) is 30.3 Å². The van der Waals surface area contributed by atoms with Crippen molar-refractivity contribution < 1.29 is 9.84 Å². The maximum atomic E-state index is 13.0. The van der Waals surface area contributed by atoms with Crippen molar-refractivity contribution in [3.05, 3.63) is 98.4 Å². The minimum Gasteiger partial charge on any atom is -0.502 e. The van der Waals surface area contributed by atoms with Gasteiger partial charge in [-0.3, -0.25) is 9.59 Å². The van der Waals surface area contributed by atoms with Gasteiger partial charge in [0, 0.05) is 10.4 Å². The SMILES string of the molecule is O=c1[nH]c2cc(Cl)ccc2c(=O)c(-c2ccc(Oc3ccccc3)cc2)c1O. The molecule has 0 fully saturated rings. The number of aromatic amines is 1. The van der Waals surface area contributed by atoms with E-state index in [4.69, 9.17) is 16.3 Å². The monoisotopic (exact) mass is 391 g/mol. The Morgan fingerprint density at radius 1 is 0.857 bits per heavy atom. The van der Waals surface area contributed by atoms with Gasteiger partial charge in [-0.25, -0.2) is 0 Å². The zero-order chi connectivity index (χ0) is 19.7. The van der Waals surface area contributed by atoms with Gasteiger partial charge < -0.3 is 14.8 Å². The van der Waals surface area contributed by atoms with Crippen LogP contribution in [0.2, 0.25) is 5.02 Å². The second-order valence-corrected chi connectivity index (χ2v) is 6.57. The van der Waals surface area contributed by atoms with E-state index in [0.717, 1.165) is 0 Å². The summed E-state index contributed by atoms with van der Waals surface area (Å²) < 4.78 is 5.73. The number of hydrogen-bond acceptors (Lipinski definition) is 4. The molecule has 5 nitrogen and oxygen atoms in total. The summed E-state index contributed by atoms with van der Waals surface area (Å²) in [6, 6.07) is 20.4. The van der Waals surface area contributed by atoms with Crippen LogP contribution >= 0.6 is 11.6 Å². The molecule has 0 aliphatic rings. The fraction of sp³-hybridized carbons (Fsp3) is 0. The molecule has 0 radical (unpaired) electrons. The molecule has 6 heteroatoms. The molecule has 0 aliphatic carbocycles. The fourth-order valence-corrected chi connectivity index (χ4v) is 3.11. The van der Waals surface area contributed by atoms with E-state index in [-0.39, 0.29) is 16.5 Å². The second kappa shape index (κ2) is 7.21. The smallest absolute Gasteiger partial charge is 0.291 e. The van der Waals surface area contributed by atoms with Gasteiger partial charge in [0.2, 0.25) is 0 Å². The highest BCUT2D eigenvalue weighted by Crippen LogP contribution is 2.28. The molecule has 0 atom stereocenters. The van der Waals surface area contributed by atoms with Crippen molar-refractivity contribution >= 4 is 22.5 Å². The third-order valence-corrected chi connectivity index (χ3v) is 4.51. The second-order valence-electron chi connectivity index (χ2n) is 6.14. The van der Waals surface area contributed by atoms with Gasteiger partial charge in [-0.05, 0) is 48.0 Å². The molecule has 1 heterocycles. The van der Waals surface area contributed by atoms with Crippen LogP contribution < -0.4 is 15.7 Å². The number of rotatable bonds is 3. The number of fused-ring (bicyclic) bond motifs is 1. The van der Waals surface area contributed by atoms with Gasteiger partial charge >= 0.3 is 0 Å². The number of H-pyrrole nitrogens is 1. The van der Waals surface area contributed by atoms with Crippen LogP contribution in [0.4, 0.5) is 0 Å². The normalized spacial score (nSPS) is 10.8. The van der Waals surface area contributed by atoms with Crippen molar-refractivity contribution in [3.63, 3.8) is 0 Å². The number of ether oxygens (including phenoxy) is 1. The molecule has 4 aromatic rings. The maximum absolute atomic E-state index is 13.0. The molecule has 0 saturated heterocycles. The van der Waals surface area contributed by atoms with Crippen molar-refractivity contribution in [2.75, 3.05) is 0 Å². The lowest BCUT2D eigenvalue weighted by Gasteiger charge is -2.06. The maximum Gasteiger partial charge on any atom is 0.291 e. The van der Waals surface area contributed by atoms with E-state index >= 15 is 0 Å². The standard InChI is InChI=1S/C22H14ClNO4/c23-14-8-11-17-18(12-14)24-22(27)21(26)19(20(17)25)13-6-9-16(10-7-13)28-15-4-2-1-3-5-15/h1-12,26H,(H,24,27). The van der Waals surface area contributed by atoms with Crippen LogP contribution in [0, 0.1) is 0 Å². The molecular formula is C22H14ClNO4. The van der Waals surface area contributed by atoms with E-state index in [2.05, 4.69) is 4.98 Å². The molecule has 0 amide bonds. The van der Waals surface area contributed by atoms with Gasteiger partial charge in [0.05, 0.1) is 11.1 Å². The first-order valence-electron chi connectivity index (χ1n) is 8.45. The molecule has 0 bridgehead atoms. The zero-order valence-electron chi connectivity index (χ0n) is 14.5. The van der Waals surface area contributed by atoms with Crippen LogP contribution in [0.5, 0.6) is 17.2 Å². The molecule has 28 heavy (non-hydrogen) atoms. The lowest BCUT2D eigenvalue weighted by atomic mass is 10.0. The first-order chi connectivity index (χ1) is 13.5. The van der Waals surface area contributed by atoms with Crippen LogP contribution in [-0.2, 0) is 0 Å². The third-order valence-electron chi connectivity index (χ3n) is 4.28. The number of benzene rings is 3. The number of aromatic nitrogens is 1. The number of halogens is 1. The van der Waals surface area contributed by atoms with Crippen molar-refractivity contribution in [3.8, 4) is 28.4 Å². The molecule has 1 aromatic heterocycles. The minimum atomic E-state index is -0.769. The zero-order valence-corrected chi connectivity index (χ0v) is 15.2. The summed E-state index contributed by atoms with van der Waals surface area (Å²) in [5, 5.41) is 11.0. The summed E-state index contributed by atoms with van der Waals surface area (Å²) in [5.41, 5.74) is -0.660. The molecule has 0 aliphatic heterocycles. The Morgan fingerprint density at radius 3 is 2.25 bits per heavy atom. The Morgan fingerprint density at radius 2 is 1.54 bits per heavy atom. The largest absolute Gasteiger partial charge is 0.502 e. The number of hydrogen-bond donors (Lipinski definition) is 2. The highest BCUT2D eigenvalue weighted by Gasteiger charge is 2.15. The Labute approximate surface area is 164 Å². The molecular weight excluding hydrogens is 378 g/mol. The lowest BCUT2D eigenvalue weighted by molar-refractivity contribution is 0.469. The number of para-hydroxylation sites is 1. The first kappa shape index (κ1) is 17.8. The summed E-state index contributed by atoms with van der Waals surface area (Å²) in [5.74, 6) is 0.592. The van der Waals surface area contributed by atoms with E-state index in [1.807, 2.05) is 30.3 Å². The van der Waals surface area contributed by atoms with E-state index in [9.17, 15) is 14.7 Å². The van der Waals surface area contributed by atoms with Crippen molar-refractivity contribution in [1.82, 2.24) is 4.98 Å². The van der Waals surface area contributed by atoms with Crippen LogP contribution in [0.25, 0.3) is 22.0 Å². The Hall–Kier alpha value is -3.57. The predicted molar refractivity (Wildman–Crippen MR) is 109 cm³/mol. The first-order valence-corrected chi connectivity index (χ1v) is 8.83. The summed E-state index contributed by atoms with van der Waals surface area (Å²) in [4.78, 5) is 27.8. The van der Waals surface area contributed by atoms with Crippen LogP contribution in [0.1, 0.15) is 0 Å². The Balaban J connectivity index is 1.84. The number of nitrogens with one attached hydrogen (secondary N) is 1. The van der Waals surface area contributed by atoms with Gasteiger partial charge in [0.1, 0.15) is 11.5 Å². The van der Waals surface area contributed by atoms with Gasteiger partial charge in [-0.15, -0.1) is 0 Å². The highest BCUT2D eigenvalue weighted by atomic mass is 35.5. The minimum absolute atomic E-state index is 0.0789. The molecule has 2 N–H and O–H groups in total. The van der Waals surface area contributed by atoms with Crippen molar-refractivity contribution in [1.29, 1.82) is 0 Å². The molecule has 0 saturated carbocycles. The summed E-state index contributed by atoms with van der Waals surface area (Å²) in [7, 11) is 0. The number of aromatic hydroxyl groups is 1. The molecule has 0 unspecified atom stereocenters. The average Bonchev–Trinajstić information content (AvgIpc) is 2.78. The Bertz CT molecular complexity index is 1280. The fourth-order valence-electron chi connectivity index (χ4n) is 2.94. The van der Waals surface area contributed by atoms with Gasteiger partial charge in [0.15, 0.2) is 11.2 Å². The summed E-state index contributed by atoms with van der Waals surface area (Å²) >= 11 is 5.95. The summed E-state index contributed by atoms with van der Waals surface area (Å²) in [6.07, 6.45) is 0. The van der Waals surface area contributed by atoms with E-state index < -0.39 is 16.7 Å². The molecule has 138 valence electrons. The third kappa shape index (κ3) is 3.35. The lowest BCUT2D eigenvalue weighted by Crippen LogP contribution is -2.05. The van der Waals surface area contributed by atoms with Crippen LogP contribution in [-0.4, -0.2) is 10.1 Å². The molecule has 3 aromatic carbocycles. The van der Waals surface area contributed by atoms with Crippen LogP contribution in [0.3, 0.4) is 0 Å². The highest BCUT2D eigenvalue weighted by molar-refractivity contribution is 6.31. The van der Waals surface area contributed by atoms with Gasteiger partial charge in [-0.2, -0.15) is 0 Å². The van der Waals surface area contributed by atoms with Gasteiger partial charge in [-0.1, -0.05) is 41.9 Å². The van der Waals surface area contributed by atoms with E-state index in [1.165, 1.54) is 12.1 Å². The molecule has 4 rings (SSSR count). The predicted octanol–water partition coefficient (Wildman–Crippen LogP) is 4.71. The van der Waals surface area contributed by atoms with Crippen LogP contribution in [0.15, 0.2) is 82.4 Å². The topological polar surface area (TPSA) is 79.4 Å². The average molecular weight is 392 g/mol. The van der Waals surface area contributed by atoms with E-state index in [0.29, 0.717) is 22.1 Å². The quantitative estimate of drug-likeness (QED) is 0.530. The molecule has 0 spiro atoms. The Kier molecular flexibility index (Phi) is 4.59. The van der Waals surface area contributed by atoms with Crippen molar-refractivity contribution in [2.45, 2.75) is 0 Å². The summed E-state index contributed by atoms with van der Waals surface area (Å²) in [6.45, 7) is 0. The van der Waals surface area contributed by atoms with Crippen molar-refractivity contribution in [2.24, 2.45) is 0 Å².